The minimum atomic E-state index is 0. The van der Waals surface area contributed by atoms with Crippen molar-refractivity contribution in [2.24, 2.45) is 0 Å². The van der Waals surface area contributed by atoms with Crippen LogP contribution in [-0.2, 0) is 0 Å². The molecule has 0 aliphatic carbocycles. The van der Waals surface area contributed by atoms with Crippen molar-refractivity contribution in [2.75, 3.05) is 0 Å². The number of fused-ring (bicyclic) bond motifs is 4. The predicted octanol–water partition coefficient (Wildman–Crippen LogP) is 4.62. The second kappa shape index (κ2) is 5.28. The Balaban J connectivity index is 0.00000121. The van der Waals surface area contributed by atoms with Crippen molar-refractivity contribution >= 4 is 68.3 Å². The molecule has 0 aromatic heterocycles. The van der Waals surface area contributed by atoms with E-state index in [-0.39, 0.29) is 24.4 Å². The van der Waals surface area contributed by atoms with Crippen LogP contribution in [0, 0.1) is 0 Å². The molecule has 0 unspecified atom stereocenters. The summed E-state index contributed by atoms with van der Waals surface area (Å²) >= 11 is 6.39. The third-order valence-corrected chi connectivity index (χ3v) is 3.99. The number of rotatable bonds is 0. The molecule has 0 spiro atoms. The Morgan fingerprint density at radius 1 is 0.600 bits per heavy atom. The quantitative estimate of drug-likeness (QED) is 0.235. The van der Waals surface area contributed by atoms with E-state index in [0.717, 1.165) is 10.4 Å². The van der Waals surface area contributed by atoms with Gasteiger partial charge >= 0.3 is 24.4 Å². The fraction of sp³-hybridized carbons (Fsp3) is 0. The molecular formula is C18H14ClSb. The molecule has 0 atom stereocenters. The van der Waals surface area contributed by atoms with E-state index in [0.29, 0.717) is 0 Å². The topological polar surface area (TPSA) is 0 Å². The average molecular weight is 388 g/mol. The zero-order valence-corrected chi connectivity index (χ0v) is 15.7. The van der Waals surface area contributed by atoms with Crippen molar-refractivity contribution in [1.29, 1.82) is 0 Å². The van der Waals surface area contributed by atoms with E-state index in [2.05, 4.69) is 54.6 Å². The Kier molecular flexibility index (Phi) is 3.62. The number of hydrogen-bond donors (Lipinski definition) is 0. The van der Waals surface area contributed by atoms with Gasteiger partial charge in [0, 0.05) is 10.4 Å². The maximum absolute atomic E-state index is 6.39. The molecular weight excluding hydrogens is 373 g/mol. The van der Waals surface area contributed by atoms with Crippen LogP contribution in [0.5, 0.6) is 0 Å². The fourth-order valence-electron chi connectivity index (χ4n) is 2.76. The van der Waals surface area contributed by atoms with E-state index in [1.165, 1.54) is 26.9 Å². The van der Waals surface area contributed by atoms with Gasteiger partial charge in [-0.25, -0.2) is 0 Å². The molecule has 4 rings (SSSR count). The summed E-state index contributed by atoms with van der Waals surface area (Å²) in [5, 5.41) is 8.13. The zero-order chi connectivity index (χ0) is 12.8. The van der Waals surface area contributed by atoms with Crippen LogP contribution in [0.2, 0.25) is 5.02 Å². The van der Waals surface area contributed by atoms with Gasteiger partial charge in [-0.05, 0) is 45.1 Å². The summed E-state index contributed by atoms with van der Waals surface area (Å²) in [5.41, 5.74) is 0. The van der Waals surface area contributed by atoms with Gasteiger partial charge in [0.2, 0.25) is 0 Å². The molecule has 0 aliphatic heterocycles. The Labute approximate surface area is 139 Å². The first-order valence-corrected chi connectivity index (χ1v) is 6.70. The van der Waals surface area contributed by atoms with Crippen molar-refractivity contribution in [3.05, 3.63) is 71.8 Å². The predicted molar refractivity (Wildman–Crippen MR) is 93.9 cm³/mol. The van der Waals surface area contributed by atoms with Gasteiger partial charge < -0.3 is 0 Å². The third-order valence-electron chi connectivity index (χ3n) is 3.68. The van der Waals surface area contributed by atoms with Crippen molar-refractivity contribution in [3.63, 3.8) is 0 Å². The first-order valence-electron chi connectivity index (χ1n) is 6.33. The van der Waals surface area contributed by atoms with Gasteiger partial charge in [0.25, 0.3) is 0 Å². The average Bonchev–Trinajstić information content (AvgIpc) is 2.45. The van der Waals surface area contributed by atoms with Crippen molar-refractivity contribution in [3.8, 4) is 0 Å². The molecule has 0 saturated carbocycles. The number of hydrogen-bond acceptors (Lipinski definition) is 0. The molecule has 0 radical (unpaired) electrons. The maximum atomic E-state index is 6.39. The molecule has 0 amide bonds. The molecule has 20 heavy (non-hydrogen) atoms. The van der Waals surface area contributed by atoms with Crippen molar-refractivity contribution < 1.29 is 0 Å². The van der Waals surface area contributed by atoms with E-state index < -0.39 is 0 Å². The van der Waals surface area contributed by atoms with Crippen LogP contribution in [-0.4, -0.2) is 24.4 Å². The van der Waals surface area contributed by atoms with Crippen molar-refractivity contribution in [2.45, 2.75) is 0 Å². The minimum absolute atomic E-state index is 0. The first-order chi connectivity index (χ1) is 9.33. The molecule has 0 aliphatic rings. The molecule has 4 aromatic rings. The van der Waals surface area contributed by atoms with E-state index in [9.17, 15) is 0 Å². The molecule has 0 N–H and O–H groups in total. The standard InChI is InChI=1S/C18H11Cl.Sb.3H/c19-17-7-3-6-12-8-9-15-10-13-4-1-2-5-14(13)11-16(15)18(12)17;;;;/h1-11H;;;;. The van der Waals surface area contributed by atoms with E-state index in [4.69, 9.17) is 11.6 Å². The van der Waals surface area contributed by atoms with E-state index >= 15 is 0 Å². The Morgan fingerprint density at radius 3 is 2.05 bits per heavy atom. The van der Waals surface area contributed by atoms with Crippen LogP contribution >= 0.6 is 11.6 Å². The summed E-state index contributed by atoms with van der Waals surface area (Å²) in [5.74, 6) is 0. The van der Waals surface area contributed by atoms with E-state index in [1.54, 1.807) is 0 Å². The van der Waals surface area contributed by atoms with Crippen LogP contribution in [0.3, 0.4) is 0 Å². The van der Waals surface area contributed by atoms with Crippen LogP contribution in [0.25, 0.3) is 32.3 Å². The Hall–Kier alpha value is -1.23. The molecule has 0 saturated heterocycles. The molecule has 4 aromatic carbocycles. The number of halogens is 1. The van der Waals surface area contributed by atoms with Crippen LogP contribution < -0.4 is 0 Å². The van der Waals surface area contributed by atoms with Gasteiger partial charge in [-0.2, -0.15) is 0 Å². The SMILES string of the molecule is Clc1cccc2ccc3cc4ccccc4cc3c12.[SbH3]. The monoisotopic (exact) mass is 386 g/mol. The molecule has 0 fully saturated rings. The van der Waals surface area contributed by atoms with Gasteiger partial charge in [0.05, 0.1) is 0 Å². The molecule has 98 valence electrons. The summed E-state index contributed by atoms with van der Waals surface area (Å²) in [6.07, 6.45) is 0. The van der Waals surface area contributed by atoms with Gasteiger partial charge in [-0.3, -0.25) is 0 Å². The summed E-state index contributed by atoms with van der Waals surface area (Å²) in [6.45, 7) is 0. The second-order valence-corrected chi connectivity index (χ2v) is 5.23. The summed E-state index contributed by atoms with van der Waals surface area (Å²) in [4.78, 5) is 0. The zero-order valence-electron chi connectivity index (χ0n) is 10.9. The first kappa shape index (κ1) is 13.7. The van der Waals surface area contributed by atoms with Gasteiger partial charge in [-0.1, -0.05) is 60.1 Å². The van der Waals surface area contributed by atoms with Crippen LogP contribution in [0.15, 0.2) is 66.7 Å². The van der Waals surface area contributed by atoms with Crippen molar-refractivity contribution in [1.82, 2.24) is 0 Å². The molecule has 0 heterocycles. The van der Waals surface area contributed by atoms with Gasteiger partial charge in [-0.15, -0.1) is 0 Å². The molecule has 0 bridgehead atoms. The summed E-state index contributed by atoms with van der Waals surface area (Å²) in [7, 11) is 0. The van der Waals surface area contributed by atoms with Crippen LogP contribution in [0.1, 0.15) is 0 Å². The summed E-state index contributed by atoms with van der Waals surface area (Å²) in [6, 6.07) is 23.3. The van der Waals surface area contributed by atoms with E-state index in [1.807, 2.05) is 12.1 Å². The Morgan fingerprint density at radius 2 is 1.25 bits per heavy atom. The fourth-order valence-corrected chi connectivity index (χ4v) is 3.04. The van der Waals surface area contributed by atoms with Gasteiger partial charge in [0.1, 0.15) is 0 Å². The summed E-state index contributed by atoms with van der Waals surface area (Å²) < 4.78 is 0. The third kappa shape index (κ3) is 2.08. The second-order valence-electron chi connectivity index (χ2n) is 4.82. The molecule has 0 nitrogen and oxygen atoms in total. The van der Waals surface area contributed by atoms with Gasteiger partial charge in [0.15, 0.2) is 0 Å². The number of benzene rings is 4. The molecule has 2 heteroatoms. The normalized spacial score (nSPS) is 10.8. The Bertz CT molecular complexity index is 928. The van der Waals surface area contributed by atoms with Crippen LogP contribution in [0.4, 0.5) is 0 Å².